The Morgan fingerprint density at radius 3 is 2.17 bits per heavy atom. The molecule has 1 N–H and O–H groups in total. The summed E-state index contributed by atoms with van der Waals surface area (Å²) < 4.78 is 13.4. The van der Waals surface area contributed by atoms with E-state index < -0.39 is 5.83 Å². The topological polar surface area (TPSA) is 29.1 Å². The molecule has 0 heterocycles. The zero-order chi connectivity index (χ0) is 14.7. The van der Waals surface area contributed by atoms with Gasteiger partial charge in [0.15, 0.2) is 0 Å². The van der Waals surface area contributed by atoms with Crippen LogP contribution in [0.5, 0.6) is 0 Å². The third kappa shape index (κ3) is 11.1. The number of halogens is 1. The zero-order valence-electron chi connectivity index (χ0n) is 12.4. The summed E-state index contributed by atoms with van der Waals surface area (Å²) in [6.45, 7) is 14.8. The van der Waals surface area contributed by atoms with E-state index in [0.717, 1.165) is 12.0 Å². The monoisotopic (exact) mass is 255 g/mol. The molecule has 104 valence electrons. The number of allylic oxidation sites excluding steroid dienone is 5. The highest BCUT2D eigenvalue weighted by Gasteiger charge is 2.00. The second-order valence-corrected chi connectivity index (χ2v) is 4.24. The number of amides is 1. The summed E-state index contributed by atoms with van der Waals surface area (Å²) >= 11 is 0. The molecule has 0 aliphatic rings. The fraction of sp³-hybridized carbons (Fsp3) is 0.533. The van der Waals surface area contributed by atoms with E-state index in [2.05, 4.69) is 25.7 Å². The SMILES string of the molecule is C=C(/C=C\C(F)=C(/C)NC(C)=O)CC(C)C.CC. The van der Waals surface area contributed by atoms with Gasteiger partial charge in [-0.05, 0) is 25.3 Å². The molecule has 0 aromatic heterocycles. The van der Waals surface area contributed by atoms with Crippen LogP contribution in [-0.4, -0.2) is 5.91 Å². The number of rotatable bonds is 5. The van der Waals surface area contributed by atoms with Crippen LogP contribution in [0, 0.1) is 5.92 Å². The van der Waals surface area contributed by atoms with Crippen LogP contribution in [0.3, 0.4) is 0 Å². The van der Waals surface area contributed by atoms with Gasteiger partial charge < -0.3 is 5.32 Å². The lowest BCUT2D eigenvalue weighted by atomic mass is 10.0. The van der Waals surface area contributed by atoms with E-state index in [0.29, 0.717) is 5.92 Å². The van der Waals surface area contributed by atoms with Gasteiger partial charge in [-0.2, -0.15) is 0 Å². The smallest absolute Gasteiger partial charge is 0.221 e. The Morgan fingerprint density at radius 1 is 1.28 bits per heavy atom. The lowest BCUT2D eigenvalue weighted by Gasteiger charge is -2.04. The number of carbonyl (C=O) groups is 1. The van der Waals surface area contributed by atoms with Gasteiger partial charge in [-0.3, -0.25) is 4.79 Å². The molecule has 0 aromatic carbocycles. The molecule has 0 aromatic rings. The van der Waals surface area contributed by atoms with Gasteiger partial charge in [0.2, 0.25) is 5.91 Å². The molecule has 0 atom stereocenters. The average Bonchev–Trinajstić information content (AvgIpc) is 2.26. The minimum atomic E-state index is -0.444. The first-order chi connectivity index (χ1) is 8.32. The van der Waals surface area contributed by atoms with E-state index in [9.17, 15) is 9.18 Å². The molecule has 1 amide bonds. The van der Waals surface area contributed by atoms with E-state index in [4.69, 9.17) is 0 Å². The largest absolute Gasteiger partial charge is 0.327 e. The maximum absolute atomic E-state index is 13.4. The third-order valence-corrected chi connectivity index (χ3v) is 1.86. The summed E-state index contributed by atoms with van der Waals surface area (Å²) in [6, 6.07) is 0. The molecule has 0 bridgehead atoms. The number of hydrogen-bond donors (Lipinski definition) is 1. The van der Waals surface area contributed by atoms with Crippen LogP contribution in [0.25, 0.3) is 0 Å². The molecule has 0 radical (unpaired) electrons. The molecule has 0 saturated carbocycles. The van der Waals surface area contributed by atoms with Gasteiger partial charge in [0.1, 0.15) is 5.83 Å². The van der Waals surface area contributed by atoms with Gasteiger partial charge >= 0.3 is 0 Å². The van der Waals surface area contributed by atoms with Gasteiger partial charge in [0.25, 0.3) is 0 Å². The van der Waals surface area contributed by atoms with Crippen molar-refractivity contribution in [3.8, 4) is 0 Å². The summed E-state index contributed by atoms with van der Waals surface area (Å²) in [5, 5.41) is 2.39. The maximum atomic E-state index is 13.4. The molecule has 0 saturated heterocycles. The molecule has 0 rings (SSSR count). The van der Waals surface area contributed by atoms with Crippen molar-refractivity contribution in [2.75, 3.05) is 0 Å². The van der Waals surface area contributed by atoms with Crippen LogP contribution in [0.15, 0.2) is 35.8 Å². The Kier molecular flexibility index (Phi) is 11.3. The predicted octanol–water partition coefficient (Wildman–Crippen LogP) is 4.51. The summed E-state index contributed by atoms with van der Waals surface area (Å²) in [5.41, 5.74) is 1.10. The molecule has 0 aliphatic carbocycles. The highest BCUT2D eigenvalue weighted by Crippen LogP contribution is 2.12. The lowest BCUT2D eigenvalue weighted by molar-refractivity contribution is -0.118. The number of hydrogen-bond acceptors (Lipinski definition) is 1. The Morgan fingerprint density at radius 2 is 1.78 bits per heavy atom. The summed E-state index contributed by atoms with van der Waals surface area (Å²) in [6.07, 6.45) is 3.81. The Bertz CT molecular complexity index is 327. The number of nitrogens with one attached hydrogen (secondary N) is 1. The summed E-state index contributed by atoms with van der Waals surface area (Å²) in [4.78, 5) is 10.7. The fourth-order valence-corrected chi connectivity index (χ4v) is 1.23. The predicted molar refractivity (Wildman–Crippen MR) is 76.7 cm³/mol. The molecule has 0 fully saturated rings. The third-order valence-electron chi connectivity index (χ3n) is 1.86. The van der Waals surface area contributed by atoms with Crippen LogP contribution < -0.4 is 5.32 Å². The van der Waals surface area contributed by atoms with E-state index >= 15 is 0 Å². The van der Waals surface area contributed by atoms with Gasteiger partial charge in [0, 0.05) is 6.92 Å². The minimum Gasteiger partial charge on any atom is -0.327 e. The van der Waals surface area contributed by atoms with E-state index in [1.807, 2.05) is 13.8 Å². The molecule has 2 nitrogen and oxygen atoms in total. The van der Waals surface area contributed by atoms with E-state index in [-0.39, 0.29) is 11.6 Å². The molecule has 18 heavy (non-hydrogen) atoms. The van der Waals surface area contributed by atoms with Crippen molar-refractivity contribution >= 4 is 5.91 Å². The zero-order valence-corrected chi connectivity index (χ0v) is 12.4. The lowest BCUT2D eigenvalue weighted by Crippen LogP contribution is -2.17. The Hall–Kier alpha value is -1.38. The van der Waals surface area contributed by atoms with Crippen molar-refractivity contribution in [2.24, 2.45) is 5.92 Å². The van der Waals surface area contributed by atoms with Crippen LogP contribution >= 0.6 is 0 Å². The first-order valence-electron chi connectivity index (χ1n) is 6.32. The van der Waals surface area contributed by atoms with Crippen LogP contribution in [0.1, 0.15) is 48.0 Å². The van der Waals surface area contributed by atoms with Crippen molar-refractivity contribution in [1.29, 1.82) is 0 Å². The normalized spacial score (nSPS) is 11.8. The number of carbonyl (C=O) groups excluding carboxylic acids is 1. The van der Waals surface area contributed by atoms with Crippen LogP contribution in [0.4, 0.5) is 4.39 Å². The average molecular weight is 255 g/mol. The Balaban J connectivity index is 0. The maximum Gasteiger partial charge on any atom is 0.221 e. The molecular weight excluding hydrogens is 229 g/mol. The fourth-order valence-electron chi connectivity index (χ4n) is 1.23. The van der Waals surface area contributed by atoms with Gasteiger partial charge in [-0.1, -0.05) is 45.9 Å². The standard InChI is InChI=1S/C13H20FNO.C2H6/c1-9(2)8-10(3)6-7-13(14)11(4)15-12(5)16;1-2/h6-7,9H,3,8H2,1-2,4-5H3,(H,15,16);1-2H3/b7-6-,13-11-;. The van der Waals surface area contributed by atoms with Crippen molar-refractivity contribution in [1.82, 2.24) is 5.32 Å². The second-order valence-electron chi connectivity index (χ2n) is 4.24. The van der Waals surface area contributed by atoms with Gasteiger partial charge in [-0.15, -0.1) is 0 Å². The van der Waals surface area contributed by atoms with E-state index in [1.54, 1.807) is 6.08 Å². The second kappa shape index (κ2) is 10.8. The van der Waals surface area contributed by atoms with Crippen molar-refractivity contribution in [3.63, 3.8) is 0 Å². The first-order valence-corrected chi connectivity index (χ1v) is 6.32. The minimum absolute atomic E-state index is 0.223. The molecular formula is C15H26FNO. The van der Waals surface area contributed by atoms with Crippen LogP contribution in [-0.2, 0) is 4.79 Å². The van der Waals surface area contributed by atoms with E-state index in [1.165, 1.54) is 19.9 Å². The van der Waals surface area contributed by atoms with Crippen molar-refractivity contribution < 1.29 is 9.18 Å². The highest BCUT2D eigenvalue weighted by atomic mass is 19.1. The quantitative estimate of drug-likeness (QED) is 0.720. The summed E-state index contributed by atoms with van der Waals surface area (Å²) in [7, 11) is 0. The van der Waals surface area contributed by atoms with Gasteiger partial charge in [-0.25, -0.2) is 4.39 Å². The summed E-state index contributed by atoms with van der Waals surface area (Å²) in [5.74, 6) is -0.220. The highest BCUT2D eigenvalue weighted by molar-refractivity contribution is 5.74. The Labute approximate surface area is 111 Å². The molecule has 0 aliphatic heterocycles. The van der Waals surface area contributed by atoms with Gasteiger partial charge in [0.05, 0.1) is 5.70 Å². The van der Waals surface area contributed by atoms with Crippen molar-refractivity contribution in [2.45, 2.75) is 48.0 Å². The van der Waals surface area contributed by atoms with Crippen molar-refractivity contribution in [3.05, 3.63) is 35.8 Å². The molecule has 3 heteroatoms. The first kappa shape index (κ1) is 19.0. The molecule has 0 unspecified atom stereocenters. The van der Waals surface area contributed by atoms with Crippen LogP contribution in [0.2, 0.25) is 0 Å². The molecule has 0 spiro atoms.